The van der Waals surface area contributed by atoms with Crippen LogP contribution in [0.2, 0.25) is 0 Å². The zero-order valence-corrected chi connectivity index (χ0v) is 11.2. The number of carboxylic acids is 1. The van der Waals surface area contributed by atoms with Crippen LogP contribution in [0.5, 0.6) is 0 Å². The Bertz CT molecular complexity index is 648. The molecule has 0 radical (unpaired) electrons. The number of hydrogen-bond acceptors (Lipinski definition) is 2. The van der Waals surface area contributed by atoms with Crippen molar-refractivity contribution >= 4 is 32.7 Å². The molecule has 0 amide bonds. The fourth-order valence-electron chi connectivity index (χ4n) is 1.86. The van der Waals surface area contributed by atoms with Gasteiger partial charge in [0.1, 0.15) is 0 Å². The van der Waals surface area contributed by atoms with Crippen molar-refractivity contribution in [3.63, 3.8) is 0 Å². The molecule has 5 heteroatoms. The lowest BCUT2D eigenvalue weighted by Gasteiger charge is -2.07. The molecular weight excluding hydrogens is 298 g/mol. The van der Waals surface area contributed by atoms with Crippen molar-refractivity contribution < 1.29 is 9.90 Å². The molecule has 2 rings (SSSR count). The summed E-state index contributed by atoms with van der Waals surface area (Å²) in [5.74, 6) is -0.841. The van der Waals surface area contributed by atoms with Gasteiger partial charge in [-0.2, -0.15) is 0 Å². The molecule has 0 aliphatic heterocycles. The van der Waals surface area contributed by atoms with Gasteiger partial charge in [0.25, 0.3) is 5.56 Å². The highest BCUT2D eigenvalue weighted by molar-refractivity contribution is 9.10. The van der Waals surface area contributed by atoms with Crippen LogP contribution in [0, 0.1) is 0 Å². The van der Waals surface area contributed by atoms with E-state index in [9.17, 15) is 9.59 Å². The quantitative estimate of drug-likeness (QED) is 0.944. The van der Waals surface area contributed by atoms with E-state index in [0.29, 0.717) is 18.4 Å². The van der Waals surface area contributed by atoms with E-state index in [1.807, 2.05) is 18.2 Å². The summed E-state index contributed by atoms with van der Waals surface area (Å²) in [6, 6.07) is 7.34. The third-order valence-electron chi connectivity index (χ3n) is 2.75. The number of carbonyl (C=O) groups is 1. The summed E-state index contributed by atoms with van der Waals surface area (Å²) < 4.78 is 2.44. The van der Waals surface area contributed by atoms with Gasteiger partial charge in [-0.25, -0.2) is 0 Å². The predicted octanol–water partition coefficient (Wildman–Crippen LogP) is 2.63. The second-order valence-corrected chi connectivity index (χ2v) is 4.87. The molecule has 0 saturated heterocycles. The number of halogens is 1. The van der Waals surface area contributed by atoms with Crippen LogP contribution in [0.1, 0.15) is 12.8 Å². The van der Waals surface area contributed by atoms with Gasteiger partial charge in [-0.1, -0.05) is 22.0 Å². The van der Waals surface area contributed by atoms with Crippen molar-refractivity contribution in [3.05, 3.63) is 45.3 Å². The summed E-state index contributed by atoms with van der Waals surface area (Å²) in [6.07, 6.45) is 2.23. The average Bonchev–Trinajstić information content (AvgIpc) is 2.32. The second kappa shape index (κ2) is 5.35. The van der Waals surface area contributed by atoms with Crippen LogP contribution in [0.25, 0.3) is 10.8 Å². The van der Waals surface area contributed by atoms with Gasteiger partial charge in [0.05, 0.1) is 0 Å². The van der Waals surface area contributed by atoms with Crippen molar-refractivity contribution in [2.24, 2.45) is 0 Å². The van der Waals surface area contributed by atoms with Crippen LogP contribution in [-0.4, -0.2) is 15.6 Å². The SMILES string of the molecule is O=C(O)CCCn1ccc2c(Br)cccc2c1=O. The van der Waals surface area contributed by atoms with Gasteiger partial charge in [-0.15, -0.1) is 0 Å². The minimum atomic E-state index is -0.841. The van der Waals surface area contributed by atoms with Gasteiger partial charge in [0.15, 0.2) is 0 Å². The first-order valence-corrected chi connectivity index (χ1v) is 6.38. The van der Waals surface area contributed by atoms with Gasteiger partial charge in [-0.05, 0) is 24.6 Å². The van der Waals surface area contributed by atoms with E-state index in [1.54, 1.807) is 16.8 Å². The highest BCUT2D eigenvalue weighted by atomic mass is 79.9. The van der Waals surface area contributed by atoms with Gasteiger partial charge in [0.2, 0.25) is 0 Å². The number of aromatic nitrogens is 1. The average molecular weight is 310 g/mol. The summed E-state index contributed by atoms with van der Waals surface area (Å²) in [7, 11) is 0. The van der Waals surface area contributed by atoms with Crippen molar-refractivity contribution in [1.82, 2.24) is 4.57 Å². The summed E-state index contributed by atoms with van der Waals surface area (Å²) >= 11 is 3.40. The zero-order chi connectivity index (χ0) is 13.1. The maximum atomic E-state index is 12.2. The minimum Gasteiger partial charge on any atom is -0.481 e. The number of pyridine rings is 1. The molecule has 0 atom stereocenters. The van der Waals surface area contributed by atoms with Crippen molar-refractivity contribution in [2.45, 2.75) is 19.4 Å². The standard InChI is InChI=1S/C13H12BrNO3/c14-11-4-1-3-10-9(11)6-8-15(13(10)18)7-2-5-12(16)17/h1,3-4,6,8H,2,5,7H2,(H,16,17). The first-order chi connectivity index (χ1) is 8.59. The van der Waals surface area contributed by atoms with Crippen molar-refractivity contribution in [1.29, 1.82) is 0 Å². The van der Waals surface area contributed by atoms with E-state index in [-0.39, 0.29) is 12.0 Å². The van der Waals surface area contributed by atoms with Crippen molar-refractivity contribution in [2.75, 3.05) is 0 Å². The fourth-order valence-corrected chi connectivity index (χ4v) is 2.35. The molecule has 0 unspecified atom stereocenters. The van der Waals surface area contributed by atoms with E-state index < -0.39 is 5.97 Å². The van der Waals surface area contributed by atoms with Gasteiger partial charge < -0.3 is 9.67 Å². The third-order valence-corrected chi connectivity index (χ3v) is 3.45. The molecule has 0 aliphatic rings. The molecule has 1 aromatic carbocycles. The molecule has 94 valence electrons. The number of nitrogens with zero attached hydrogens (tertiary/aromatic N) is 1. The first-order valence-electron chi connectivity index (χ1n) is 5.59. The molecule has 0 aliphatic carbocycles. The molecule has 0 bridgehead atoms. The normalized spacial score (nSPS) is 10.7. The predicted molar refractivity (Wildman–Crippen MR) is 72.8 cm³/mol. The summed E-state index contributed by atoms with van der Waals surface area (Å²) in [6.45, 7) is 0.424. The Morgan fingerprint density at radius 3 is 2.78 bits per heavy atom. The molecule has 2 aromatic rings. The van der Waals surface area contributed by atoms with E-state index in [1.165, 1.54) is 0 Å². The largest absolute Gasteiger partial charge is 0.481 e. The molecule has 0 saturated carbocycles. The van der Waals surface area contributed by atoms with Crippen LogP contribution in [-0.2, 0) is 11.3 Å². The Balaban J connectivity index is 2.34. The number of carboxylic acid groups (broad SMARTS) is 1. The van der Waals surface area contributed by atoms with Gasteiger partial charge >= 0.3 is 5.97 Å². The molecule has 0 spiro atoms. The lowest BCUT2D eigenvalue weighted by atomic mass is 10.2. The highest BCUT2D eigenvalue weighted by Gasteiger charge is 2.05. The van der Waals surface area contributed by atoms with Crippen LogP contribution < -0.4 is 5.56 Å². The maximum absolute atomic E-state index is 12.2. The van der Waals surface area contributed by atoms with E-state index in [2.05, 4.69) is 15.9 Å². The summed E-state index contributed by atoms with van der Waals surface area (Å²) in [4.78, 5) is 22.6. The molecule has 1 heterocycles. The topological polar surface area (TPSA) is 59.3 Å². The Morgan fingerprint density at radius 1 is 1.28 bits per heavy atom. The number of aliphatic carboxylic acids is 1. The Kier molecular flexibility index (Phi) is 3.81. The van der Waals surface area contributed by atoms with Crippen LogP contribution >= 0.6 is 15.9 Å². The second-order valence-electron chi connectivity index (χ2n) is 4.01. The Morgan fingerprint density at radius 2 is 2.06 bits per heavy atom. The molecule has 18 heavy (non-hydrogen) atoms. The monoisotopic (exact) mass is 309 g/mol. The molecule has 1 aromatic heterocycles. The van der Waals surface area contributed by atoms with Gasteiger partial charge in [0, 0.05) is 34.4 Å². The Labute approximate surface area is 112 Å². The summed E-state index contributed by atoms with van der Waals surface area (Å²) in [5, 5.41) is 10.1. The van der Waals surface area contributed by atoms with Gasteiger partial charge in [-0.3, -0.25) is 9.59 Å². The van der Waals surface area contributed by atoms with E-state index in [0.717, 1.165) is 9.86 Å². The molecule has 0 fully saturated rings. The van der Waals surface area contributed by atoms with Crippen LogP contribution in [0.3, 0.4) is 0 Å². The lowest BCUT2D eigenvalue weighted by molar-refractivity contribution is -0.137. The summed E-state index contributed by atoms with van der Waals surface area (Å²) in [5.41, 5.74) is -0.0841. The Hall–Kier alpha value is -1.62. The molecular formula is C13H12BrNO3. The number of benzene rings is 1. The van der Waals surface area contributed by atoms with Crippen molar-refractivity contribution in [3.8, 4) is 0 Å². The number of hydrogen-bond donors (Lipinski definition) is 1. The van der Waals surface area contributed by atoms with E-state index >= 15 is 0 Å². The number of fused-ring (bicyclic) bond motifs is 1. The molecule has 1 N–H and O–H groups in total. The number of aryl methyl sites for hydroxylation is 1. The smallest absolute Gasteiger partial charge is 0.303 e. The molecule has 4 nitrogen and oxygen atoms in total. The van der Waals surface area contributed by atoms with Crippen LogP contribution in [0.15, 0.2) is 39.7 Å². The van der Waals surface area contributed by atoms with E-state index in [4.69, 9.17) is 5.11 Å². The fraction of sp³-hybridized carbons (Fsp3) is 0.231. The van der Waals surface area contributed by atoms with Crippen LogP contribution in [0.4, 0.5) is 0 Å². The zero-order valence-electron chi connectivity index (χ0n) is 9.60. The number of rotatable bonds is 4. The minimum absolute atomic E-state index is 0.0724. The maximum Gasteiger partial charge on any atom is 0.303 e. The highest BCUT2D eigenvalue weighted by Crippen LogP contribution is 2.20. The third kappa shape index (κ3) is 2.61. The first kappa shape index (κ1) is 12.8. The lowest BCUT2D eigenvalue weighted by Crippen LogP contribution is -2.20.